The van der Waals surface area contributed by atoms with E-state index in [-0.39, 0.29) is 36.6 Å². The number of hydrogen-bond donors (Lipinski definition) is 2. The van der Waals surface area contributed by atoms with Crippen LogP contribution < -0.4 is 10.6 Å². The number of rotatable bonds is 5. The Kier molecular flexibility index (Phi) is 6.04. The van der Waals surface area contributed by atoms with Crippen molar-refractivity contribution in [1.82, 2.24) is 20.4 Å². The summed E-state index contributed by atoms with van der Waals surface area (Å²) in [5.74, 6) is -2.49. The average molecular weight is 452 g/mol. The first kappa shape index (κ1) is 22.4. The summed E-state index contributed by atoms with van der Waals surface area (Å²) in [6.07, 6.45) is -3.14. The van der Waals surface area contributed by atoms with Crippen LogP contribution in [0, 0.1) is 0 Å². The molecule has 2 saturated heterocycles. The highest BCUT2D eigenvalue weighted by Gasteiger charge is 2.44. The first-order valence-electron chi connectivity index (χ1n) is 10.5. The Morgan fingerprint density at radius 2 is 1.69 bits per heavy atom. The Hall–Kier alpha value is -2.79. The van der Waals surface area contributed by atoms with Gasteiger partial charge in [0.25, 0.3) is 11.8 Å². The maximum absolute atomic E-state index is 13.2. The van der Waals surface area contributed by atoms with Gasteiger partial charge in [0.2, 0.25) is 11.8 Å². The molecule has 1 atom stereocenters. The minimum absolute atomic E-state index is 0.0116. The third-order valence-corrected chi connectivity index (χ3v) is 6.10. The molecule has 11 heteroatoms. The van der Waals surface area contributed by atoms with E-state index in [1.165, 1.54) is 17.0 Å². The van der Waals surface area contributed by atoms with Crippen LogP contribution >= 0.6 is 0 Å². The SMILES string of the molecule is O=C1CCC(N2C(=O)c3ccc(CN(CC(F)(F)F)C4CCNCC4)cc3C2=O)C(=O)N1. The van der Waals surface area contributed by atoms with E-state index in [4.69, 9.17) is 0 Å². The summed E-state index contributed by atoms with van der Waals surface area (Å²) in [6, 6.07) is 3.07. The summed E-state index contributed by atoms with van der Waals surface area (Å²) in [5, 5.41) is 5.26. The standard InChI is InChI=1S/C21H23F3N4O4/c22-21(23,24)11-27(13-5-7-25-8-6-13)10-12-1-2-14-15(9-12)20(32)28(19(14)31)16-3-4-17(29)26-18(16)30/h1-2,9,13,16,25H,3-8,10-11H2,(H,26,29,30). The molecule has 0 spiro atoms. The molecule has 1 unspecified atom stereocenters. The lowest BCUT2D eigenvalue weighted by Gasteiger charge is -2.35. The van der Waals surface area contributed by atoms with Crippen LogP contribution in [-0.2, 0) is 16.1 Å². The molecule has 3 heterocycles. The summed E-state index contributed by atoms with van der Waals surface area (Å²) in [5.41, 5.74) is 0.653. The zero-order chi connectivity index (χ0) is 23.0. The van der Waals surface area contributed by atoms with Crippen LogP contribution in [0.2, 0.25) is 0 Å². The molecule has 0 aliphatic carbocycles. The smallest absolute Gasteiger partial charge is 0.317 e. The molecule has 4 amide bonds. The largest absolute Gasteiger partial charge is 0.401 e. The predicted molar refractivity (Wildman–Crippen MR) is 105 cm³/mol. The number of carbonyl (C=O) groups excluding carboxylic acids is 4. The van der Waals surface area contributed by atoms with Gasteiger partial charge >= 0.3 is 6.18 Å². The van der Waals surface area contributed by atoms with Gasteiger partial charge in [0.15, 0.2) is 0 Å². The number of amides is 4. The summed E-state index contributed by atoms with van der Waals surface area (Å²) in [7, 11) is 0. The van der Waals surface area contributed by atoms with Gasteiger partial charge in [-0.15, -0.1) is 0 Å². The number of fused-ring (bicyclic) bond motifs is 1. The Morgan fingerprint density at radius 3 is 2.34 bits per heavy atom. The van der Waals surface area contributed by atoms with Crippen LogP contribution in [0.4, 0.5) is 13.2 Å². The molecule has 0 saturated carbocycles. The molecule has 4 rings (SSSR count). The maximum atomic E-state index is 13.2. The Bertz CT molecular complexity index is 959. The maximum Gasteiger partial charge on any atom is 0.401 e. The van der Waals surface area contributed by atoms with E-state index >= 15 is 0 Å². The molecule has 2 N–H and O–H groups in total. The highest BCUT2D eigenvalue weighted by molar-refractivity contribution is 6.23. The Balaban J connectivity index is 1.56. The second-order valence-corrected chi connectivity index (χ2v) is 8.33. The predicted octanol–water partition coefficient (Wildman–Crippen LogP) is 1.20. The topological polar surface area (TPSA) is 98.8 Å². The monoisotopic (exact) mass is 452 g/mol. The number of piperidine rings is 2. The van der Waals surface area contributed by atoms with Crippen molar-refractivity contribution in [2.75, 3.05) is 19.6 Å². The van der Waals surface area contributed by atoms with E-state index in [0.717, 1.165) is 4.90 Å². The molecule has 1 aromatic carbocycles. The molecule has 3 aliphatic heterocycles. The fourth-order valence-electron chi connectivity index (χ4n) is 4.57. The van der Waals surface area contributed by atoms with Crippen molar-refractivity contribution >= 4 is 23.6 Å². The lowest BCUT2D eigenvalue weighted by molar-refractivity contribution is -0.153. The van der Waals surface area contributed by atoms with Gasteiger partial charge in [-0.1, -0.05) is 6.07 Å². The lowest BCUT2D eigenvalue weighted by Crippen LogP contribution is -2.54. The molecule has 32 heavy (non-hydrogen) atoms. The van der Waals surface area contributed by atoms with Gasteiger partial charge < -0.3 is 5.32 Å². The molecule has 0 radical (unpaired) electrons. The molecular formula is C21H23F3N4O4. The number of carbonyl (C=O) groups is 4. The summed E-state index contributed by atoms with van der Waals surface area (Å²) in [4.78, 5) is 51.5. The number of halogens is 3. The summed E-state index contributed by atoms with van der Waals surface area (Å²) >= 11 is 0. The molecule has 0 aromatic heterocycles. The minimum atomic E-state index is -4.37. The van der Waals surface area contributed by atoms with Crippen molar-refractivity contribution < 1.29 is 32.3 Å². The van der Waals surface area contributed by atoms with Crippen LogP contribution in [0.5, 0.6) is 0 Å². The molecule has 0 bridgehead atoms. The molecule has 2 fully saturated rings. The molecular weight excluding hydrogens is 429 g/mol. The molecule has 172 valence electrons. The number of nitrogens with zero attached hydrogens (tertiary/aromatic N) is 2. The highest BCUT2D eigenvalue weighted by Crippen LogP contribution is 2.30. The first-order valence-corrected chi connectivity index (χ1v) is 10.5. The van der Waals surface area contributed by atoms with Gasteiger partial charge in [-0.3, -0.25) is 34.3 Å². The molecule has 8 nitrogen and oxygen atoms in total. The van der Waals surface area contributed by atoms with Gasteiger partial charge in [0.05, 0.1) is 17.7 Å². The van der Waals surface area contributed by atoms with E-state index in [1.54, 1.807) is 6.07 Å². The van der Waals surface area contributed by atoms with E-state index in [1.807, 2.05) is 0 Å². The number of alkyl halides is 3. The quantitative estimate of drug-likeness (QED) is 0.652. The molecule has 3 aliphatic rings. The van der Waals surface area contributed by atoms with Gasteiger partial charge in [0.1, 0.15) is 6.04 Å². The van der Waals surface area contributed by atoms with Crippen LogP contribution in [0.25, 0.3) is 0 Å². The number of imide groups is 2. The number of benzene rings is 1. The lowest BCUT2D eigenvalue weighted by atomic mass is 10.0. The zero-order valence-electron chi connectivity index (χ0n) is 17.2. The van der Waals surface area contributed by atoms with Gasteiger partial charge in [-0.05, 0) is 50.0 Å². The fourth-order valence-corrected chi connectivity index (χ4v) is 4.57. The average Bonchev–Trinajstić information content (AvgIpc) is 2.97. The Morgan fingerprint density at radius 1 is 1.00 bits per heavy atom. The van der Waals surface area contributed by atoms with Crippen molar-refractivity contribution in [2.24, 2.45) is 0 Å². The Labute approximate surface area is 182 Å². The van der Waals surface area contributed by atoms with E-state index < -0.39 is 42.4 Å². The normalized spacial score (nSPS) is 22.5. The van der Waals surface area contributed by atoms with E-state index in [2.05, 4.69) is 10.6 Å². The molecule has 1 aromatic rings. The van der Waals surface area contributed by atoms with Crippen molar-refractivity contribution in [3.8, 4) is 0 Å². The second-order valence-electron chi connectivity index (χ2n) is 8.33. The van der Waals surface area contributed by atoms with Gasteiger partial charge in [-0.25, -0.2) is 0 Å². The fraction of sp³-hybridized carbons (Fsp3) is 0.524. The van der Waals surface area contributed by atoms with Crippen LogP contribution in [0.3, 0.4) is 0 Å². The van der Waals surface area contributed by atoms with Crippen LogP contribution in [0.1, 0.15) is 52.0 Å². The van der Waals surface area contributed by atoms with Gasteiger partial charge in [-0.2, -0.15) is 13.2 Å². The van der Waals surface area contributed by atoms with Gasteiger partial charge in [0, 0.05) is 19.0 Å². The van der Waals surface area contributed by atoms with E-state index in [9.17, 15) is 32.3 Å². The van der Waals surface area contributed by atoms with Crippen LogP contribution in [-0.4, -0.2) is 71.3 Å². The van der Waals surface area contributed by atoms with Crippen molar-refractivity contribution in [3.05, 3.63) is 34.9 Å². The minimum Gasteiger partial charge on any atom is -0.317 e. The zero-order valence-corrected chi connectivity index (χ0v) is 17.2. The van der Waals surface area contributed by atoms with E-state index in [0.29, 0.717) is 31.5 Å². The van der Waals surface area contributed by atoms with Crippen molar-refractivity contribution in [2.45, 2.75) is 50.5 Å². The number of hydrogen-bond acceptors (Lipinski definition) is 6. The third-order valence-electron chi connectivity index (χ3n) is 6.10. The highest BCUT2D eigenvalue weighted by atomic mass is 19.4. The first-order chi connectivity index (χ1) is 15.1. The van der Waals surface area contributed by atoms with Crippen molar-refractivity contribution in [3.63, 3.8) is 0 Å². The van der Waals surface area contributed by atoms with Crippen molar-refractivity contribution in [1.29, 1.82) is 0 Å². The summed E-state index contributed by atoms with van der Waals surface area (Å²) in [6.45, 7) is 0.190. The van der Waals surface area contributed by atoms with Crippen LogP contribution in [0.15, 0.2) is 18.2 Å². The second kappa shape index (κ2) is 8.62. The summed E-state index contributed by atoms with van der Waals surface area (Å²) < 4.78 is 39.6. The number of nitrogens with one attached hydrogen (secondary N) is 2. The third kappa shape index (κ3) is 4.53.